The second kappa shape index (κ2) is 5.11. The van der Waals surface area contributed by atoms with Gasteiger partial charge in [-0.05, 0) is 6.92 Å². The van der Waals surface area contributed by atoms with Crippen LogP contribution >= 0.6 is 0 Å². The van der Waals surface area contributed by atoms with Crippen molar-refractivity contribution >= 4 is 6.09 Å². The predicted octanol–water partition coefficient (Wildman–Crippen LogP) is 0.246. The van der Waals surface area contributed by atoms with Gasteiger partial charge in [0, 0.05) is 30.9 Å². The fourth-order valence-electron chi connectivity index (χ4n) is 1.72. The first-order chi connectivity index (χ1) is 7.47. The molecule has 1 heterocycles. The minimum atomic E-state index is -1.29. The predicted molar refractivity (Wildman–Crippen MR) is 54.6 cm³/mol. The fourth-order valence-corrected chi connectivity index (χ4v) is 1.72. The zero-order chi connectivity index (χ0) is 12.2. The monoisotopic (exact) mass is 232 g/mol. The van der Waals surface area contributed by atoms with E-state index in [9.17, 15) is 20.0 Å². The second-order valence-corrected chi connectivity index (χ2v) is 3.90. The third-order valence-corrected chi connectivity index (χ3v) is 2.64. The van der Waals surface area contributed by atoms with Crippen molar-refractivity contribution in [3.05, 3.63) is 10.1 Å². The summed E-state index contributed by atoms with van der Waals surface area (Å²) in [6, 6.07) is 0. The molecule has 1 saturated heterocycles. The highest BCUT2D eigenvalue weighted by Crippen LogP contribution is 2.22. The molecule has 0 aliphatic carbocycles. The summed E-state index contributed by atoms with van der Waals surface area (Å²) >= 11 is 0. The SMILES string of the molecule is CCOC(=O)N1CCC(O)(C[N+](=O)[O-])CC1. The Bertz CT molecular complexity index is 273. The molecule has 1 fully saturated rings. The van der Waals surface area contributed by atoms with E-state index in [4.69, 9.17) is 4.74 Å². The van der Waals surface area contributed by atoms with Crippen LogP contribution in [-0.2, 0) is 4.74 Å². The summed E-state index contributed by atoms with van der Waals surface area (Å²) in [5.41, 5.74) is -1.29. The highest BCUT2D eigenvalue weighted by Gasteiger charge is 2.38. The summed E-state index contributed by atoms with van der Waals surface area (Å²) in [5, 5.41) is 20.2. The molecule has 0 radical (unpaired) electrons. The first kappa shape index (κ1) is 12.7. The number of hydrogen-bond donors (Lipinski definition) is 1. The maximum absolute atomic E-state index is 11.3. The number of carbonyl (C=O) groups excluding carboxylic acids is 1. The molecule has 1 amide bonds. The molecule has 0 unspecified atom stereocenters. The van der Waals surface area contributed by atoms with Crippen molar-refractivity contribution < 1.29 is 19.6 Å². The molecule has 1 rings (SSSR count). The number of likely N-dealkylation sites (tertiary alicyclic amines) is 1. The van der Waals surface area contributed by atoms with Gasteiger partial charge in [-0.3, -0.25) is 10.1 Å². The van der Waals surface area contributed by atoms with Gasteiger partial charge < -0.3 is 14.7 Å². The Morgan fingerprint density at radius 1 is 1.56 bits per heavy atom. The Hall–Kier alpha value is -1.37. The third kappa shape index (κ3) is 3.34. The van der Waals surface area contributed by atoms with Crippen LogP contribution in [0.15, 0.2) is 0 Å². The van der Waals surface area contributed by atoms with Gasteiger partial charge in [-0.2, -0.15) is 0 Å². The maximum Gasteiger partial charge on any atom is 0.409 e. The van der Waals surface area contributed by atoms with Gasteiger partial charge in [-0.15, -0.1) is 0 Å². The largest absolute Gasteiger partial charge is 0.450 e. The molecule has 0 bridgehead atoms. The molecule has 7 heteroatoms. The van der Waals surface area contributed by atoms with Gasteiger partial charge in [0.05, 0.1) is 6.61 Å². The molecule has 7 nitrogen and oxygen atoms in total. The molecule has 0 saturated carbocycles. The fraction of sp³-hybridized carbons (Fsp3) is 0.889. The molecule has 1 aliphatic rings. The summed E-state index contributed by atoms with van der Waals surface area (Å²) in [5.74, 6) is 0. The Labute approximate surface area is 93.1 Å². The number of nitro groups is 1. The number of aliphatic hydroxyl groups is 1. The first-order valence-corrected chi connectivity index (χ1v) is 5.23. The van der Waals surface area contributed by atoms with Crippen molar-refractivity contribution in [1.29, 1.82) is 0 Å². The van der Waals surface area contributed by atoms with Crippen molar-refractivity contribution in [3.8, 4) is 0 Å². The lowest BCUT2D eigenvalue weighted by Gasteiger charge is -2.34. The third-order valence-electron chi connectivity index (χ3n) is 2.64. The van der Waals surface area contributed by atoms with Gasteiger partial charge in [0.2, 0.25) is 6.54 Å². The molecule has 0 aromatic carbocycles. The van der Waals surface area contributed by atoms with Crippen LogP contribution in [0.3, 0.4) is 0 Å². The standard InChI is InChI=1S/C9H16N2O5/c1-2-16-8(12)10-5-3-9(13,4-6-10)7-11(14)15/h13H,2-7H2,1H3. The van der Waals surface area contributed by atoms with E-state index in [1.54, 1.807) is 6.92 Å². The van der Waals surface area contributed by atoms with E-state index in [2.05, 4.69) is 0 Å². The van der Waals surface area contributed by atoms with Crippen LogP contribution in [0.5, 0.6) is 0 Å². The normalized spacial score (nSPS) is 19.2. The number of piperidine rings is 1. The minimum absolute atomic E-state index is 0.215. The van der Waals surface area contributed by atoms with Crippen molar-refractivity contribution in [1.82, 2.24) is 4.90 Å². The molecule has 0 spiro atoms. The van der Waals surface area contributed by atoms with E-state index in [1.165, 1.54) is 4.90 Å². The number of rotatable bonds is 3. The average Bonchev–Trinajstić information content (AvgIpc) is 2.17. The van der Waals surface area contributed by atoms with E-state index in [0.29, 0.717) is 19.7 Å². The van der Waals surface area contributed by atoms with Gasteiger partial charge in [0.25, 0.3) is 0 Å². The minimum Gasteiger partial charge on any atom is -0.450 e. The number of carbonyl (C=O) groups is 1. The molecule has 0 aromatic heterocycles. The van der Waals surface area contributed by atoms with Crippen LogP contribution in [0.1, 0.15) is 19.8 Å². The molecule has 1 N–H and O–H groups in total. The summed E-state index contributed by atoms with van der Waals surface area (Å²) in [6.45, 7) is 2.13. The number of nitrogens with zero attached hydrogens (tertiary/aromatic N) is 2. The Balaban J connectivity index is 2.44. The molecule has 0 atom stereocenters. The highest BCUT2D eigenvalue weighted by molar-refractivity contribution is 5.67. The highest BCUT2D eigenvalue weighted by atomic mass is 16.6. The summed E-state index contributed by atoms with van der Waals surface area (Å²) in [4.78, 5) is 22.6. The van der Waals surface area contributed by atoms with Crippen molar-refractivity contribution in [2.45, 2.75) is 25.4 Å². The smallest absolute Gasteiger partial charge is 0.409 e. The summed E-state index contributed by atoms with van der Waals surface area (Å²) in [6.07, 6.45) is 0.00483. The zero-order valence-electron chi connectivity index (χ0n) is 9.22. The number of amides is 1. The van der Waals surface area contributed by atoms with Crippen LogP contribution in [0.4, 0.5) is 4.79 Å². The zero-order valence-corrected chi connectivity index (χ0v) is 9.22. The Morgan fingerprint density at radius 3 is 2.56 bits per heavy atom. The Kier molecular flexibility index (Phi) is 4.05. The second-order valence-electron chi connectivity index (χ2n) is 3.90. The van der Waals surface area contributed by atoms with Crippen LogP contribution in [0.2, 0.25) is 0 Å². The van der Waals surface area contributed by atoms with E-state index in [-0.39, 0.29) is 12.8 Å². The van der Waals surface area contributed by atoms with Gasteiger partial charge in [-0.25, -0.2) is 4.79 Å². The molecule has 1 aliphatic heterocycles. The van der Waals surface area contributed by atoms with Crippen molar-refractivity contribution in [2.24, 2.45) is 0 Å². The lowest BCUT2D eigenvalue weighted by molar-refractivity contribution is -0.502. The van der Waals surface area contributed by atoms with E-state index in [0.717, 1.165) is 0 Å². The quantitative estimate of drug-likeness (QED) is 0.556. The van der Waals surface area contributed by atoms with Gasteiger partial charge in [0.15, 0.2) is 0 Å². The van der Waals surface area contributed by atoms with E-state index >= 15 is 0 Å². The van der Waals surface area contributed by atoms with Crippen molar-refractivity contribution in [3.63, 3.8) is 0 Å². The van der Waals surface area contributed by atoms with E-state index in [1.807, 2.05) is 0 Å². The topological polar surface area (TPSA) is 92.9 Å². The van der Waals surface area contributed by atoms with Crippen molar-refractivity contribution in [2.75, 3.05) is 26.2 Å². The molecule has 0 aromatic rings. The van der Waals surface area contributed by atoms with Crippen LogP contribution in [-0.4, -0.2) is 52.9 Å². The average molecular weight is 232 g/mol. The van der Waals surface area contributed by atoms with Gasteiger partial charge in [-0.1, -0.05) is 0 Å². The molecule has 92 valence electrons. The van der Waals surface area contributed by atoms with Crippen LogP contribution in [0.25, 0.3) is 0 Å². The first-order valence-electron chi connectivity index (χ1n) is 5.23. The summed E-state index contributed by atoms with van der Waals surface area (Å²) in [7, 11) is 0. The van der Waals surface area contributed by atoms with Gasteiger partial charge >= 0.3 is 6.09 Å². The molecular weight excluding hydrogens is 216 g/mol. The summed E-state index contributed by atoms with van der Waals surface area (Å²) < 4.78 is 4.80. The lowest BCUT2D eigenvalue weighted by atomic mass is 9.92. The van der Waals surface area contributed by atoms with E-state index < -0.39 is 23.2 Å². The van der Waals surface area contributed by atoms with Crippen LogP contribution in [0, 0.1) is 10.1 Å². The Morgan fingerprint density at radius 2 is 2.12 bits per heavy atom. The number of ether oxygens (including phenoxy) is 1. The molecule has 16 heavy (non-hydrogen) atoms. The van der Waals surface area contributed by atoms with Crippen LogP contribution < -0.4 is 0 Å². The van der Waals surface area contributed by atoms with Gasteiger partial charge in [0.1, 0.15) is 5.60 Å². The maximum atomic E-state index is 11.3. The number of hydrogen-bond acceptors (Lipinski definition) is 5. The lowest BCUT2D eigenvalue weighted by Crippen LogP contribution is -2.50. The molecular formula is C9H16N2O5.